The van der Waals surface area contributed by atoms with Crippen molar-refractivity contribution in [3.8, 4) is 0 Å². The maximum Gasteiger partial charge on any atom is 0.229 e. The number of ether oxygens (including phenoxy) is 1. The first-order valence-electron chi connectivity index (χ1n) is 13.3. The second-order valence-corrected chi connectivity index (χ2v) is 14.9. The molecule has 0 spiro atoms. The molecular weight excluding hydrogens is 561 g/mol. The average Bonchev–Trinajstić information content (AvgIpc) is 3.37. The van der Waals surface area contributed by atoms with Crippen LogP contribution in [0, 0.1) is 11.3 Å². The van der Waals surface area contributed by atoms with Gasteiger partial charge in [-0.15, -0.1) is 0 Å². The Morgan fingerprint density at radius 1 is 1.03 bits per heavy atom. The van der Waals surface area contributed by atoms with E-state index in [-0.39, 0.29) is 36.7 Å². The first kappa shape index (κ1) is 30.3. The van der Waals surface area contributed by atoms with Crippen LogP contribution in [0.1, 0.15) is 70.5 Å². The molecule has 10 heteroatoms. The summed E-state index contributed by atoms with van der Waals surface area (Å²) in [4.78, 5) is 26.7. The van der Waals surface area contributed by atoms with Crippen LogP contribution in [0.25, 0.3) is 0 Å². The maximum absolute atomic E-state index is 14.7. The van der Waals surface area contributed by atoms with Gasteiger partial charge in [-0.1, -0.05) is 68.2 Å². The number of carbonyl (C=O) groups is 1. The Kier molecular flexibility index (Phi) is 9.36. The van der Waals surface area contributed by atoms with Gasteiger partial charge in [0.25, 0.3) is 0 Å². The minimum atomic E-state index is -3.48. The molecule has 39 heavy (non-hydrogen) atoms. The van der Waals surface area contributed by atoms with Crippen molar-refractivity contribution in [2.45, 2.75) is 77.0 Å². The lowest BCUT2D eigenvalue weighted by atomic mass is 9.66. The van der Waals surface area contributed by atoms with Crippen molar-refractivity contribution in [3.63, 3.8) is 0 Å². The maximum atomic E-state index is 14.7. The van der Waals surface area contributed by atoms with Gasteiger partial charge in [0.05, 0.1) is 22.5 Å². The number of sulfone groups is 1. The van der Waals surface area contributed by atoms with Crippen LogP contribution in [-0.4, -0.2) is 49.4 Å². The molecule has 2 aliphatic rings. The number of hydrogen-bond acceptors (Lipinski definition) is 6. The Hall–Kier alpha value is -1.68. The molecule has 0 saturated carbocycles. The van der Waals surface area contributed by atoms with E-state index >= 15 is 0 Å². The molecule has 0 bridgehead atoms. The predicted molar refractivity (Wildman–Crippen MR) is 152 cm³/mol. The lowest BCUT2D eigenvalue weighted by Gasteiger charge is -2.53. The highest BCUT2D eigenvalue weighted by Gasteiger charge is 2.54. The first-order chi connectivity index (χ1) is 18.3. The van der Waals surface area contributed by atoms with E-state index in [4.69, 9.17) is 37.7 Å². The van der Waals surface area contributed by atoms with E-state index in [0.717, 1.165) is 11.1 Å². The number of amides is 1. The summed E-state index contributed by atoms with van der Waals surface area (Å²) >= 11 is 12.7. The van der Waals surface area contributed by atoms with E-state index in [9.17, 15) is 13.2 Å². The van der Waals surface area contributed by atoms with E-state index in [1.807, 2.05) is 62.1 Å². The lowest BCUT2D eigenvalue weighted by Crippen LogP contribution is -2.59. The molecule has 0 radical (unpaired) electrons. The average molecular weight is 599 g/mol. The summed E-state index contributed by atoms with van der Waals surface area (Å²) in [5, 5.41) is 0.598. The van der Waals surface area contributed by atoms with Crippen molar-refractivity contribution in [1.29, 1.82) is 0 Å². The topological polar surface area (TPSA) is 82.1 Å². The van der Waals surface area contributed by atoms with Crippen molar-refractivity contribution in [1.82, 2.24) is 4.90 Å². The van der Waals surface area contributed by atoms with Gasteiger partial charge in [-0.05, 0) is 61.6 Å². The van der Waals surface area contributed by atoms with Gasteiger partial charge in [-0.2, -0.15) is 0 Å². The van der Waals surface area contributed by atoms with E-state index in [1.165, 1.54) is 0 Å². The second kappa shape index (κ2) is 12.0. The Labute approximate surface area is 241 Å². The van der Waals surface area contributed by atoms with E-state index in [2.05, 4.69) is 0 Å². The fraction of sp³-hybridized carbons (Fsp3) is 0.552. The third-order valence-electron chi connectivity index (χ3n) is 7.93. The van der Waals surface area contributed by atoms with Gasteiger partial charge < -0.3 is 9.64 Å². The number of hydrogen-bond donors (Lipinski definition) is 0. The smallest absolute Gasteiger partial charge is 0.229 e. The normalized spacial score (nSPS) is 26.9. The molecule has 0 aromatic heterocycles. The lowest BCUT2D eigenvalue weighted by molar-refractivity contribution is -0.282. The van der Waals surface area contributed by atoms with Crippen LogP contribution in [-0.2, 0) is 29.1 Å². The number of likely N-dealkylation sites (tertiary alicyclic amines) is 1. The monoisotopic (exact) mass is 597 g/mol. The minimum absolute atomic E-state index is 0.00890. The van der Waals surface area contributed by atoms with Crippen molar-refractivity contribution in [2.24, 2.45) is 11.3 Å². The molecule has 5 atom stereocenters. The zero-order valence-electron chi connectivity index (χ0n) is 23.0. The number of rotatable bonds is 9. The van der Waals surface area contributed by atoms with Crippen LogP contribution in [0.5, 0.6) is 0 Å². The summed E-state index contributed by atoms with van der Waals surface area (Å²) in [7, 11) is -3.48. The zero-order valence-corrected chi connectivity index (χ0v) is 25.3. The molecule has 2 aliphatic heterocycles. The number of halogens is 2. The summed E-state index contributed by atoms with van der Waals surface area (Å²) < 4.78 is 32.1. The number of nitrogens with zero attached hydrogens (tertiary/aromatic N) is 1. The van der Waals surface area contributed by atoms with Crippen LogP contribution in [0.4, 0.5) is 0 Å². The quantitative estimate of drug-likeness (QED) is 0.304. The fourth-order valence-electron chi connectivity index (χ4n) is 5.65. The molecule has 2 saturated heterocycles. The van der Waals surface area contributed by atoms with Crippen LogP contribution in [0.15, 0.2) is 48.5 Å². The highest BCUT2D eigenvalue weighted by atomic mass is 35.5. The second-order valence-electron chi connectivity index (χ2n) is 11.5. The third-order valence-corrected chi connectivity index (χ3v) is 10.7. The predicted octanol–water partition coefficient (Wildman–Crippen LogP) is 6.56. The Bertz CT molecular complexity index is 1260. The summed E-state index contributed by atoms with van der Waals surface area (Å²) in [6.45, 7) is 9.17. The van der Waals surface area contributed by atoms with E-state index in [1.54, 1.807) is 26.0 Å². The third kappa shape index (κ3) is 6.63. The molecule has 2 aromatic carbocycles. The van der Waals surface area contributed by atoms with Crippen LogP contribution >= 0.6 is 23.2 Å². The zero-order chi connectivity index (χ0) is 28.5. The number of piperidine rings is 1. The molecule has 7 nitrogen and oxygen atoms in total. The van der Waals surface area contributed by atoms with Gasteiger partial charge in [0, 0.05) is 28.4 Å². The van der Waals surface area contributed by atoms with Crippen LogP contribution < -0.4 is 0 Å². The first-order valence-corrected chi connectivity index (χ1v) is 15.7. The largest absolute Gasteiger partial charge is 0.330 e. The Balaban J connectivity index is 1.92. The van der Waals surface area contributed by atoms with Gasteiger partial charge in [-0.3, -0.25) is 4.79 Å². The molecule has 214 valence electrons. The molecule has 4 rings (SSSR count). The van der Waals surface area contributed by atoms with Gasteiger partial charge in [-0.25, -0.2) is 18.2 Å². The standard InChI is InChI=1S/C29H37Cl2NO6S/c1-18(2)25(16-39(34,35)19(3)4)32-27(20-9-11-22(30)12-10-20)24(21-7-6-8-23(31)13-21)14-29(5,28(32)33)15-26-36-17-37-38-26/h6-13,18-19,24-27H,14-17H2,1-5H3/t24-,25?,26?,27-,29-/m1/s1. The van der Waals surface area contributed by atoms with Crippen molar-refractivity contribution in [3.05, 3.63) is 69.7 Å². The van der Waals surface area contributed by atoms with E-state index in [0.29, 0.717) is 16.5 Å². The minimum Gasteiger partial charge on any atom is -0.330 e. The van der Waals surface area contributed by atoms with Gasteiger partial charge in [0.15, 0.2) is 22.9 Å². The molecule has 0 aliphatic carbocycles. The summed E-state index contributed by atoms with van der Waals surface area (Å²) in [6.07, 6.45) is 0.0277. The molecule has 2 aromatic rings. The molecule has 2 fully saturated rings. The van der Waals surface area contributed by atoms with Crippen molar-refractivity contribution >= 4 is 38.9 Å². The van der Waals surface area contributed by atoms with Crippen molar-refractivity contribution in [2.75, 3.05) is 12.5 Å². The van der Waals surface area contributed by atoms with Gasteiger partial charge >= 0.3 is 0 Å². The van der Waals surface area contributed by atoms with E-state index < -0.39 is 38.9 Å². The number of benzene rings is 2. The summed E-state index contributed by atoms with van der Waals surface area (Å²) in [6, 6.07) is 14.1. The molecule has 0 N–H and O–H groups in total. The molecular formula is C29H37Cl2NO6S. The summed E-state index contributed by atoms with van der Waals surface area (Å²) in [5.74, 6) is -0.617. The van der Waals surface area contributed by atoms with Gasteiger partial charge in [0.2, 0.25) is 5.91 Å². The van der Waals surface area contributed by atoms with Crippen LogP contribution in [0.3, 0.4) is 0 Å². The Morgan fingerprint density at radius 2 is 1.72 bits per heavy atom. The Morgan fingerprint density at radius 3 is 2.28 bits per heavy atom. The molecule has 1 amide bonds. The molecule has 2 unspecified atom stereocenters. The number of carbonyl (C=O) groups excluding carboxylic acids is 1. The highest BCUT2D eigenvalue weighted by molar-refractivity contribution is 7.92. The fourth-order valence-corrected chi connectivity index (χ4v) is 7.39. The SMILES string of the molecule is CC(C)C(CS(=O)(=O)C(C)C)N1C(=O)[C@@](C)(CC2OCOO2)C[C@H](c2cccc(Cl)c2)[C@H]1c1ccc(Cl)cc1. The molecule has 2 heterocycles. The van der Waals surface area contributed by atoms with Crippen molar-refractivity contribution < 1.29 is 27.7 Å². The highest BCUT2D eigenvalue weighted by Crippen LogP contribution is 2.53. The van der Waals surface area contributed by atoms with Crippen LogP contribution in [0.2, 0.25) is 10.0 Å². The summed E-state index contributed by atoms with van der Waals surface area (Å²) in [5.41, 5.74) is 0.914. The van der Waals surface area contributed by atoms with Gasteiger partial charge in [0.1, 0.15) is 0 Å².